The van der Waals surface area contributed by atoms with Gasteiger partial charge in [-0.25, -0.2) is 0 Å². The zero-order chi connectivity index (χ0) is 12.1. The largest absolute Gasteiger partial charge is 0.481 e. The molecule has 4 nitrogen and oxygen atoms in total. The minimum Gasteiger partial charge on any atom is -0.481 e. The van der Waals surface area contributed by atoms with E-state index >= 15 is 0 Å². The maximum absolute atomic E-state index is 11.4. The predicted molar refractivity (Wildman–Crippen MR) is 58.5 cm³/mol. The number of carboxylic acids is 1. The van der Waals surface area contributed by atoms with Crippen LogP contribution in [-0.4, -0.2) is 23.5 Å². The van der Waals surface area contributed by atoms with Crippen molar-refractivity contribution >= 4 is 11.9 Å². The number of hydrogen-bond acceptors (Lipinski definition) is 2. The molecule has 0 aromatic rings. The van der Waals surface area contributed by atoms with Crippen molar-refractivity contribution in [2.75, 3.05) is 6.54 Å². The van der Waals surface area contributed by atoms with E-state index in [1.165, 1.54) is 0 Å². The molecule has 1 atom stereocenters. The van der Waals surface area contributed by atoms with E-state index in [9.17, 15) is 9.59 Å². The van der Waals surface area contributed by atoms with Gasteiger partial charge in [0.25, 0.3) is 0 Å². The van der Waals surface area contributed by atoms with Gasteiger partial charge in [-0.15, -0.1) is 0 Å². The number of rotatable bonds is 5. The third-order valence-electron chi connectivity index (χ3n) is 2.63. The van der Waals surface area contributed by atoms with E-state index < -0.39 is 5.97 Å². The molecule has 0 aliphatic rings. The molecule has 0 rings (SSSR count). The summed E-state index contributed by atoms with van der Waals surface area (Å²) >= 11 is 0. The molecule has 0 fully saturated rings. The first kappa shape index (κ1) is 13.9. The lowest BCUT2D eigenvalue weighted by atomic mass is 9.80. The Hall–Kier alpha value is -1.06. The fourth-order valence-electron chi connectivity index (χ4n) is 0.965. The van der Waals surface area contributed by atoms with Crippen molar-refractivity contribution < 1.29 is 14.7 Å². The van der Waals surface area contributed by atoms with Crippen LogP contribution < -0.4 is 5.32 Å². The van der Waals surface area contributed by atoms with Gasteiger partial charge in [-0.1, -0.05) is 27.7 Å². The average molecular weight is 215 g/mol. The van der Waals surface area contributed by atoms with Crippen LogP contribution in [0.5, 0.6) is 0 Å². The summed E-state index contributed by atoms with van der Waals surface area (Å²) in [5, 5.41) is 11.0. The van der Waals surface area contributed by atoms with Gasteiger partial charge >= 0.3 is 5.97 Å². The summed E-state index contributed by atoms with van der Waals surface area (Å²) < 4.78 is 0. The molecular formula is C11H21NO3. The van der Waals surface area contributed by atoms with E-state index in [0.717, 1.165) is 0 Å². The van der Waals surface area contributed by atoms with Crippen molar-refractivity contribution in [1.29, 1.82) is 0 Å². The van der Waals surface area contributed by atoms with E-state index in [2.05, 4.69) is 26.1 Å². The molecule has 0 bridgehead atoms. The Morgan fingerprint density at radius 1 is 1.33 bits per heavy atom. The Morgan fingerprint density at radius 3 is 2.27 bits per heavy atom. The summed E-state index contributed by atoms with van der Waals surface area (Å²) in [4.78, 5) is 21.6. The molecule has 0 aromatic carbocycles. The number of aliphatic carboxylic acids is 1. The molecule has 2 N–H and O–H groups in total. The summed E-state index contributed by atoms with van der Waals surface area (Å²) in [6.45, 7) is 8.49. The highest BCUT2D eigenvalue weighted by Crippen LogP contribution is 2.27. The molecule has 0 aliphatic carbocycles. The Balaban J connectivity index is 3.79. The summed E-state index contributed by atoms with van der Waals surface area (Å²) in [6, 6.07) is 0. The molecule has 1 unspecified atom stereocenters. The van der Waals surface area contributed by atoms with Gasteiger partial charge in [-0.3, -0.25) is 9.59 Å². The van der Waals surface area contributed by atoms with Crippen molar-refractivity contribution in [3.63, 3.8) is 0 Å². The zero-order valence-corrected chi connectivity index (χ0v) is 9.96. The number of hydrogen-bond donors (Lipinski definition) is 2. The van der Waals surface area contributed by atoms with Crippen LogP contribution in [0.25, 0.3) is 0 Å². The van der Waals surface area contributed by atoms with Crippen molar-refractivity contribution in [2.24, 2.45) is 11.3 Å². The highest BCUT2D eigenvalue weighted by molar-refractivity contribution is 5.77. The van der Waals surface area contributed by atoms with Gasteiger partial charge in [0.15, 0.2) is 0 Å². The normalized spacial score (nSPS) is 13.3. The van der Waals surface area contributed by atoms with Gasteiger partial charge in [0, 0.05) is 13.0 Å². The quantitative estimate of drug-likeness (QED) is 0.732. The van der Waals surface area contributed by atoms with Crippen LogP contribution >= 0.6 is 0 Å². The van der Waals surface area contributed by atoms with Gasteiger partial charge in [0.1, 0.15) is 0 Å². The lowest BCUT2D eigenvalue weighted by molar-refractivity contribution is -0.136. The molecule has 0 saturated heterocycles. The van der Waals surface area contributed by atoms with Crippen LogP contribution in [-0.2, 0) is 9.59 Å². The second-order valence-electron chi connectivity index (χ2n) is 4.96. The number of carbonyl (C=O) groups excluding carboxylic acids is 1. The van der Waals surface area contributed by atoms with Gasteiger partial charge in [0.2, 0.25) is 5.91 Å². The van der Waals surface area contributed by atoms with Crippen LogP contribution in [0.4, 0.5) is 0 Å². The van der Waals surface area contributed by atoms with Gasteiger partial charge in [0.05, 0.1) is 6.42 Å². The van der Waals surface area contributed by atoms with Gasteiger partial charge < -0.3 is 10.4 Å². The highest BCUT2D eigenvalue weighted by Gasteiger charge is 2.22. The predicted octanol–water partition coefficient (Wildman–Crippen LogP) is 1.65. The van der Waals surface area contributed by atoms with Crippen LogP contribution in [0.3, 0.4) is 0 Å². The van der Waals surface area contributed by atoms with Crippen LogP contribution in [0.15, 0.2) is 0 Å². The summed E-state index contributed by atoms with van der Waals surface area (Å²) in [6.07, 6.45) is 0.429. The van der Waals surface area contributed by atoms with Crippen LogP contribution in [0, 0.1) is 11.3 Å². The SMILES string of the molecule is CC(CC(=O)NCCC(=O)O)C(C)(C)C. The minimum atomic E-state index is -0.890. The molecule has 0 spiro atoms. The topological polar surface area (TPSA) is 66.4 Å². The van der Waals surface area contributed by atoms with E-state index in [1.54, 1.807) is 0 Å². The maximum Gasteiger partial charge on any atom is 0.305 e. The first-order chi connectivity index (χ1) is 6.73. The molecule has 15 heavy (non-hydrogen) atoms. The smallest absolute Gasteiger partial charge is 0.305 e. The molecule has 0 heterocycles. The number of amides is 1. The number of carboxylic acid groups (broad SMARTS) is 1. The fourth-order valence-corrected chi connectivity index (χ4v) is 0.965. The molecule has 4 heteroatoms. The highest BCUT2D eigenvalue weighted by atomic mass is 16.4. The lowest BCUT2D eigenvalue weighted by Gasteiger charge is -2.26. The van der Waals surface area contributed by atoms with Crippen molar-refractivity contribution in [3.8, 4) is 0 Å². The zero-order valence-electron chi connectivity index (χ0n) is 9.96. The number of carbonyl (C=O) groups is 2. The minimum absolute atomic E-state index is 0.0182. The summed E-state index contributed by atoms with van der Waals surface area (Å²) in [5.74, 6) is -0.680. The molecule has 88 valence electrons. The second kappa shape index (κ2) is 5.73. The Morgan fingerprint density at radius 2 is 1.87 bits per heavy atom. The van der Waals surface area contributed by atoms with E-state index in [1.807, 2.05) is 6.92 Å². The summed E-state index contributed by atoms with van der Waals surface area (Å²) in [5.41, 5.74) is 0.101. The van der Waals surface area contributed by atoms with Crippen LogP contribution in [0.1, 0.15) is 40.5 Å². The molecule has 0 aliphatic heterocycles. The standard InChI is InChI=1S/C11H21NO3/c1-8(11(2,3)4)7-9(13)12-6-5-10(14)15/h8H,5-7H2,1-4H3,(H,12,13)(H,14,15). The molecule has 0 saturated carbocycles. The fraction of sp³-hybridized carbons (Fsp3) is 0.818. The lowest BCUT2D eigenvalue weighted by Crippen LogP contribution is -2.30. The van der Waals surface area contributed by atoms with E-state index in [0.29, 0.717) is 6.42 Å². The molecule has 1 amide bonds. The first-order valence-corrected chi connectivity index (χ1v) is 5.22. The van der Waals surface area contributed by atoms with Crippen LogP contribution in [0.2, 0.25) is 0 Å². The molecule has 0 aromatic heterocycles. The van der Waals surface area contributed by atoms with E-state index in [4.69, 9.17) is 5.11 Å². The Bertz CT molecular complexity index is 230. The van der Waals surface area contributed by atoms with Crippen molar-refractivity contribution in [1.82, 2.24) is 5.32 Å². The van der Waals surface area contributed by atoms with Crippen molar-refractivity contribution in [2.45, 2.75) is 40.5 Å². The molecular weight excluding hydrogens is 194 g/mol. The van der Waals surface area contributed by atoms with E-state index in [-0.39, 0.29) is 30.2 Å². The second-order valence-corrected chi connectivity index (χ2v) is 4.96. The Kier molecular flexibility index (Phi) is 5.33. The van der Waals surface area contributed by atoms with Crippen molar-refractivity contribution in [3.05, 3.63) is 0 Å². The Labute approximate surface area is 91.1 Å². The van der Waals surface area contributed by atoms with Gasteiger partial charge in [-0.05, 0) is 11.3 Å². The third-order valence-corrected chi connectivity index (χ3v) is 2.63. The first-order valence-electron chi connectivity index (χ1n) is 5.22. The monoisotopic (exact) mass is 215 g/mol. The summed E-state index contributed by atoms with van der Waals surface area (Å²) in [7, 11) is 0. The average Bonchev–Trinajstić information content (AvgIpc) is 2.01. The third kappa shape index (κ3) is 6.94. The maximum atomic E-state index is 11.4. The van der Waals surface area contributed by atoms with Gasteiger partial charge in [-0.2, -0.15) is 0 Å². The number of nitrogens with one attached hydrogen (secondary N) is 1. The molecule has 0 radical (unpaired) electrons.